The highest BCUT2D eigenvalue weighted by atomic mass is 32.2. The van der Waals surface area contributed by atoms with Crippen LogP contribution in [0.1, 0.15) is 5.56 Å². The molecule has 4 rings (SSSR count). The van der Waals surface area contributed by atoms with Crippen LogP contribution in [0.25, 0.3) is 10.9 Å². The zero-order chi connectivity index (χ0) is 22.1. The second kappa shape index (κ2) is 7.92. The zero-order valence-electron chi connectivity index (χ0n) is 15.8. The second-order valence-corrected chi connectivity index (χ2v) is 8.24. The lowest BCUT2D eigenvalue weighted by Crippen LogP contribution is -2.15. The van der Waals surface area contributed by atoms with Crippen molar-refractivity contribution in [3.63, 3.8) is 0 Å². The van der Waals surface area contributed by atoms with Gasteiger partial charge in [-0.2, -0.15) is 13.2 Å². The van der Waals surface area contributed by atoms with Gasteiger partial charge in [-0.15, -0.1) is 0 Å². The molecule has 0 aliphatic rings. The molecule has 0 atom stereocenters. The fourth-order valence-corrected chi connectivity index (χ4v) is 4.08. The van der Waals surface area contributed by atoms with Gasteiger partial charge < -0.3 is 4.74 Å². The molecule has 0 unspecified atom stereocenters. The predicted octanol–water partition coefficient (Wildman–Crippen LogP) is 5.85. The maximum Gasteiger partial charge on any atom is 0.416 e. The highest BCUT2D eigenvalue weighted by Gasteiger charge is 2.31. The second-order valence-electron chi connectivity index (χ2n) is 6.56. The van der Waals surface area contributed by atoms with E-state index in [0.717, 1.165) is 23.6 Å². The first-order valence-corrected chi connectivity index (χ1v) is 10.5. The fourth-order valence-electron chi connectivity index (χ4n) is 2.96. The van der Waals surface area contributed by atoms with Crippen LogP contribution in [-0.4, -0.2) is 13.4 Å². The minimum absolute atomic E-state index is 0.0767. The molecule has 31 heavy (non-hydrogen) atoms. The zero-order valence-corrected chi connectivity index (χ0v) is 16.6. The summed E-state index contributed by atoms with van der Waals surface area (Å²) in [4.78, 5) is 3.78. The molecule has 0 amide bonds. The summed E-state index contributed by atoms with van der Waals surface area (Å²) < 4.78 is 72.7. The van der Waals surface area contributed by atoms with Crippen LogP contribution < -0.4 is 9.46 Å². The molecule has 1 heterocycles. The molecule has 5 nitrogen and oxygen atoms in total. The number of alkyl halides is 3. The SMILES string of the molecule is O=S(=O)(Nc1ccccc1Oc1cccc2cccnc12)c1cccc(C(F)(F)F)c1. The first-order valence-electron chi connectivity index (χ1n) is 9.05. The number of pyridine rings is 1. The maximum atomic E-state index is 13.0. The molecule has 1 aromatic heterocycles. The third-order valence-electron chi connectivity index (χ3n) is 4.42. The molecule has 4 aromatic rings. The summed E-state index contributed by atoms with van der Waals surface area (Å²) in [6.07, 6.45) is -3.05. The monoisotopic (exact) mass is 444 g/mol. The lowest BCUT2D eigenvalue weighted by atomic mass is 10.2. The molecule has 1 N–H and O–H groups in total. The third kappa shape index (κ3) is 4.46. The van der Waals surface area contributed by atoms with Gasteiger partial charge in [-0.1, -0.05) is 36.4 Å². The van der Waals surface area contributed by atoms with E-state index in [2.05, 4.69) is 9.71 Å². The topological polar surface area (TPSA) is 68.3 Å². The molecule has 0 saturated carbocycles. The summed E-state index contributed by atoms with van der Waals surface area (Å²) in [5, 5.41) is 0.835. The van der Waals surface area contributed by atoms with E-state index in [9.17, 15) is 21.6 Å². The molecule has 0 aliphatic carbocycles. The Morgan fingerprint density at radius 1 is 0.839 bits per heavy atom. The number of ether oxygens (including phenoxy) is 1. The highest BCUT2D eigenvalue weighted by Crippen LogP contribution is 2.35. The van der Waals surface area contributed by atoms with Crippen LogP contribution in [0.5, 0.6) is 11.5 Å². The summed E-state index contributed by atoms with van der Waals surface area (Å²) in [5.74, 6) is 0.583. The van der Waals surface area contributed by atoms with E-state index in [-0.39, 0.29) is 11.4 Å². The highest BCUT2D eigenvalue weighted by molar-refractivity contribution is 7.92. The van der Waals surface area contributed by atoms with E-state index < -0.39 is 26.7 Å². The van der Waals surface area contributed by atoms with Crippen molar-refractivity contribution >= 4 is 26.6 Å². The number of nitrogens with zero attached hydrogens (tertiary/aromatic N) is 1. The van der Waals surface area contributed by atoms with Gasteiger partial charge >= 0.3 is 6.18 Å². The normalized spacial score (nSPS) is 12.0. The summed E-state index contributed by atoms with van der Waals surface area (Å²) in [6.45, 7) is 0. The number of anilines is 1. The van der Waals surface area contributed by atoms with Gasteiger partial charge in [-0.3, -0.25) is 9.71 Å². The van der Waals surface area contributed by atoms with Gasteiger partial charge in [0.2, 0.25) is 0 Å². The quantitative estimate of drug-likeness (QED) is 0.420. The Morgan fingerprint density at radius 2 is 1.55 bits per heavy atom. The first-order chi connectivity index (χ1) is 14.7. The fraction of sp³-hybridized carbons (Fsp3) is 0.0455. The van der Waals surface area contributed by atoms with Gasteiger partial charge in [-0.05, 0) is 42.5 Å². The van der Waals surface area contributed by atoms with E-state index in [1.165, 1.54) is 6.07 Å². The van der Waals surface area contributed by atoms with E-state index in [4.69, 9.17) is 4.74 Å². The van der Waals surface area contributed by atoms with E-state index in [1.54, 1.807) is 42.6 Å². The van der Waals surface area contributed by atoms with Crippen molar-refractivity contribution in [1.82, 2.24) is 4.98 Å². The number of hydrogen-bond donors (Lipinski definition) is 1. The summed E-state index contributed by atoms with van der Waals surface area (Å²) >= 11 is 0. The Labute approximate surface area is 176 Å². The summed E-state index contributed by atoms with van der Waals surface area (Å²) in [5.41, 5.74) is -0.393. The van der Waals surface area contributed by atoms with Gasteiger partial charge in [0.05, 0.1) is 16.1 Å². The molecule has 0 spiro atoms. The summed E-state index contributed by atoms with van der Waals surface area (Å²) in [6, 6.07) is 18.7. The summed E-state index contributed by atoms with van der Waals surface area (Å²) in [7, 11) is -4.30. The van der Waals surface area contributed by atoms with Crippen molar-refractivity contribution in [1.29, 1.82) is 0 Å². The molecule has 9 heteroatoms. The van der Waals surface area contributed by atoms with Crippen molar-refractivity contribution in [2.24, 2.45) is 0 Å². The van der Waals surface area contributed by atoms with Crippen molar-refractivity contribution < 1.29 is 26.3 Å². The largest absolute Gasteiger partial charge is 0.453 e. The van der Waals surface area contributed by atoms with Crippen LogP contribution in [-0.2, 0) is 16.2 Å². The molecule has 0 radical (unpaired) electrons. The van der Waals surface area contributed by atoms with Crippen LogP contribution in [0, 0.1) is 0 Å². The number of rotatable bonds is 5. The van der Waals surface area contributed by atoms with Crippen LogP contribution in [0.15, 0.2) is 90.0 Å². The number of halogens is 3. The Kier molecular flexibility index (Phi) is 5.28. The molecule has 3 aromatic carbocycles. The molecule has 0 saturated heterocycles. The molecule has 158 valence electrons. The lowest BCUT2D eigenvalue weighted by Gasteiger charge is -2.15. The standard InChI is InChI=1S/C22H15F3N2O3S/c23-22(24,25)16-8-4-9-17(14-16)31(28,29)27-18-10-1-2-11-19(18)30-20-12-3-6-15-7-5-13-26-21(15)20/h1-14,27H. The predicted molar refractivity (Wildman–Crippen MR) is 111 cm³/mol. The Balaban J connectivity index is 1.68. The van der Waals surface area contributed by atoms with Crippen molar-refractivity contribution in [2.75, 3.05) is 4.72 Å². The average molecular weight is 444 g/mol. The number of nitrogens with one attached hydrogen (secondary N) is 1. The third-order valence-corrected chi connectivity index (χ3v) is 5.78. The molecule has 0 bridgehead atoms. The van der Waals surface area contributed by atoms with Crippen LogP contribution in [0.4, 0.5) is 18.9 Å². The molecular formula is C22H15F3N2O3S. The van der Waals surface area contributed by atoms with Crippen molar-refractivity contribution in [3.8, 4) is 11.5 Å². The smallest absolute Gasteiger partial charge is 0.416 e. The van der Waals surface area contributed by atoms with Gasteiger partial charge in [0.15, 0.2) is 11.5 Å². The van der Waals surface area contributed by atoms with Gasteiger partial charge in [-0.25, -0.2) is 8.42 Å². The van der Waals surface area contributed by atoms with Crippen molar-refractivity contribution in [2.45, 2.75) is 11.1 Å². The Morgan fingerprint density at radius 3 is 2.35 bits per heavy atom. The van der Waals surface area contributed by atoms with Crippen LogP contribution in [0.2, 0.25) is 0 Å². The van der Waals surface area contributed by atoms with Crippen molar-refractivity contribution in [3.05, 3.63) is 90.6 Å². The average Bonchev–Trinajstić information content (AvgIpc) is 2.75. The van der Waals surface area contributed by atoms with Crippen LogP contribution in [0.3, 0.4) is 0 Å². The number of para-hydroxylation sites is 3. The lowest BCUT2D eigenvalue weighted by molar-refractivity contribution is -0.137. The molecule has 0 fully saturated rings. The first kappa shape index (κ1) is 20.7. The Hall–Kier alpha value is -3.59. The molecule has 0 aliphatic heterocycles. The number of sulfonamides is 1. The number of aromatic nitrogens is 1. The Bertz CT molecular complexity index is 1350. The van der Waals surface area contributed by atoms with E-state index >= 15 is 0 Å². The number of benzene rings is 3. The minimum atomic E-state index is -4.66. The van der Waals surface area contributed by atoms with E-state index in [0.29, 0.717) is 17.3 Å². The number of hydrogen-bond acceptors (Lipinski definition) is 4. The van der Waals surface area contributed by atoms with E-state index in [1.807, 2.05) is 12.1 Å². The maximum absolute atomic E-state index is 13.0. The van der Waals surface area contributed by atoms with Gasteiger partial charge in [0.25, 0.3) is 10.0 Å². The number of fused-ring (bicyclic) bond motifs is 1. The minimum Gasteiger partial charge on any atom is -0.453 e. The molecular weight excluding hydrogens is 429 g/mol. The van der Waals surface area contributed by atoms with Crippen LogP contribution >= 0.6 is 0 Å². The van der Waals surface area contributed by atoms with Gasteiger partial charge in [0.1, 0.15) is 5.52 Å². The van der Waals surface area contributed by atoms with Gasteiger partial charge in [0, 0.05) is 11.6 Å².